The number of aliphatic carboxylic acids is 1. The summed E-state index contributed by atoms with van der Waals surface area (Å²) < 4.78 is 0. The van der Waals surface area contributed by atoms with E-state index in [2.05, 4.69) is 16.0 Å². The van der Waals surface area contributed by atoms with E-state index >= 15 is 0 Å². The van der Waals surface area contributed by atoms with Crippen LogP contribution in [0.2, 0.25) is 0 Å². The lowest BCUT2D eigenvalue weighted by molar-refractivity contribution is -0.142. The third kappa shape index (κ3) is 9.80. The van der Waals surface area contributed by atoms with Crippen LogP contribution in [0.15, 0.2) is 30.3 Å². The zero-order chi connectivity index (χ0) is 25.0. The number of thioether (sulfide) groups is 1. The minimum absolute atomic E-state index is 0.193. The number of carboxylic acid groups (broad SMARTS) is 1. The number of hydrogen-bond acceptors (Lipinski definition) is 7. The molecule has 0 spiro atoms. The van der Waals surface area contributed by atoms with Crippen molar-refractivity contribution in [2.75, 3.05) is 18.6 Å². The number of aliphatic hydroxyl groups is 1. The van der Waals surface area contributed by atoms with Crippen molar-refractivity contribution in [2.24, 2.45) is 11.7 Å². The lowest BCUT2D eigenvalue weighted by Gasteiger charge is -2.26. The summed E-state index contributed by atoms with van der Waals surface area (Å²) in [6.07, 6.45) is 2.29. The van der Waals surface area contributed by atoms with Crippen LogP contribution < -0.4 is 21.7 Å². The van der Waals surface area contributed by atoms with Gasteiger partial charge in [0.05, 0.1) is 12.6 Å². The first-order chi connectivity index (χ1) is 15.6. The summed E-state index contributed by atoms with van der Waals surface area (Å²) in [5, 5.41) is 26.2. The molecule has 0 saturated carbocycles. The fraction of sp³-hybridized carbons (Fsp3) is 0.545. The van der Waals surface area contributed by atoms with Crippen LogP contribution in [0.3, 0.4) is 0 Å². The molecule has 0 aliphatic rings. The van der Waals surface area contributed by atoms with Crippen LogP contribution in [0.1, 0.15) is 25.8 Å². The predicted octanol–water partition coefficient (Wildman–Crippen LogP) is -0.503. The van der Waals surface area contributed by atoms with Gasteiger partial charge >= 0.3 is 5.97 Å². The van der Waals surface area contributed by atoms with Gasteiger partial charge in [-0.05, 0) is 36.3 Å². The maximum Gasteiger partial charge on any atom is 0.326 e. The first-order valence-corrected chi connectivity index (χ1v) is 12.0. The maximum atomic E-state index is 12.8. The topological polar surface area (TPSA) is 171 Å². The molecule has 33 heavy (non-hydrogen) atoms. The van der Waals surface area contributed by atoms with E-state index in [1.807, 2.05) is 36.6 Å². The fourth-order valence-corrected chi connectivity index (χ4v) is 3.45. The van der Waals surface area contributed by atoms with Crippen molar-refractivity contribution in [1.82, 2.24) is 16.0 Å². The average Bonchev–Trinajstić information content (AvgIpc) is 2.78. The molecule has 0 bridgehead atoms. The zero-order valence-corrected chi connectivity index (χ0v) is 19.9. The van der Waals surface area contributed by atoms with Gasteiger partial charge in [-0.15, -0.1) is 0 Å². The van der Waals surface area contributed by atoms with Gasteiger partial charge in [0.25, 0.3) is 0 Å². The summed E-state index contributed by atoms with van der Waals surface area (Å²) in [7, 11) is 0. The van der Waals surface area contributed by atoms with Gasteiger partial charge in [-0.1, -0.05) is 44.2 Å². The van der Waals surface area contributed by atoms with E-state index < -0.39 is 54.5 Å². The maximum absolute atomic E-state index is 12.8. The van der Waals surface area contributed by atoms with Crippen LogP contribution in [-0.2, 0) is 25.6 Å². The Morgan fingerprint density at radius 1 is 0.970 bits per heavy atom. The van der Waals surface area contributed by atoms with Crippen molar-refractivity contribution < 1.29 is 29.4 Å². The Kier molecular flexibility index (Phi) is 12.5. The van der Waals surface area contributed by atoms with Crippen LogP contribution in [0, 0.1) is 5.92 Å². The van der Waals surface area contributed by atoms with Crippen molar-refractivity contribution in [3.8, 4) is 0 Å². The number of carbonyl (C=O) groups is 4. The van der Waals surface area contributed by atoms with Gasteiger partial charge in [-0.2, -0.15) is 11.8 Å². The molecule has 10 nitrogen and oxygen atoms in total. The molecule has 11 heteroatoms. The quantitative estimate of drug-likeness (QED) is 0.206. The smallest absolute Gasteiger partial charge is 0.326 e. The van der Waals surface area contributed by atoms with E-state index in [1.165, 1.54) is 11.8 Å². The summed E-state index contributed by atoms with van der Waals surface area (Å²) in [6, 6.07) is 4.79. The third-order valence-corrected chi connectivity index (χ3v) is 5.57. The predicted molar refractivity (Wildman–Crippen MR) is 126 cm³/mol. The fourth-order valence-electron chi connectivity index (χ4n) is 2.98. The molecule has 1 aromatic rings. The Morgan fingerprint density at radius 3 is 2.09 bits per heavy atom. The van der Waals surface area contributed by atoms with Gasteiger partial charge in [-0.25, -0.2) is 4.79 Å². The lowest BCUT2D eigenvalue weighted by atomic mass is 10.0. The van der Waals surface area contributed by atoms with Crippen molar-refractivity contribution in [1.29, 1.82) is 0 Å². The zero-order valence-electron chi connectivity index (χ0n) is 19.1. The van der Waals surface area contributed by atoms with E-state index in [0.29, 0.717) is 5.75 Å². The second kappa shape index (κ2) is 14.5. The van der Waals surface area contributed by atoms with Crippen LogP contribution in [0.4, 0.5) is 0 Å². The SMILES string of the molecule is CSCCC(NC(=O)C(CO)NC(=O)C(NC(=O)C(N)Cc1ccccc1)C(C)C)C(=O)O. The number of benzene rings is 1. The van der Waals surface area contributed by atoms with Crippen molar-refractivity contribution in [3.05, 3.63) is 35.9 Å². The highest BCUT2D eigenvalue weighted by molar-refractivity contribution is 7.98. The molecule has 0 aliphatic heterocycles. The number of amides is 3. The van der Waals surface area contributed by atoms with E-state index in [9.17, 15) is 29.4 Å². The highest BCUT2D eigenvalue weighted by atomic mass is 32.2. The van der Waals surface area contributed by atoms with Gasteiger partial charge in [0.1, 0.15) is 18.1 Å². The monoisotopic (exact) mass is 482 g/mol. The highest BCUT2D eigenvalue weighted by Crippen LogP contribution is 2.07. The minimum Gasteiger partial charge on any atom is -0.480 e. The molecule has 0 radical (unpaired) electrons. The van der Waals surface area contributed by atoms with E-state index in [-0.39, 0.29) is 18.8 Å². The van der Waals surface area contributed by atoms with Gasteiger partial charge in [0, 0.05) is 0 Å². The Labute approximate surface area is 198 Å². The number of rotatable bonds is 14. The molecule has 4 unspecified atom stereocenters. The van der Waals surface area contributed by atoms with Gasteiger partial charge in [0.2, 0.25) is 17.7 Å². The number of hydrogen-bond donors (Lipinski definition) is 6. The van der Waals surface area contributed by atoms with Gasteiger partial charge in [-0.3, -0.25) is 14.4 Å². The Balaban J connectivity index is 2.77. The summed E-state index contributed by atoms with van der Waals surface area (Å²) in [5.41, 5.74) is 6.86. The molecule has 3 amide bonds. The first kappa shape index (κ1) is 28.4. The van der Waals surface area contributed by atoms with Crippen molar-refractivity contribution in [2.45, 2.75) is 50.9 Å². The second-order valence-corrected chi connectivity index (χ2v) is 8.94. The lowest BCUT2D eigenvalue weighted by Crippen LogP contribution is -2.59. The summed E-state index contributed by atoms with van der Waals surface area (Å²) >= 11 is 1.43. The number of nitrogens with two attached hydrogens (primary N) is 1. The molecular formula is C22H34N4O6S. The Morgan fingerprint density at radius 2 is 1.58 bits per heavy atom. The van der Waals surface area contributed by atoms with Crippen LogP contribution in [0.25, 0.3) is 0 Å². The molecule has 0 aliphatic carbocycles. The Bertz CT molecular complexity index is 792. The highest BCUT2D eigenvalue weighted by Gasteiger charge is 2.31. The van der Waals surface area contributed by atoms with Crippen molar-refractivity contribution in [3.63, 3.8) is 0 Å². The van der Waals surface area contributed by atoms with E-state index in [1.54, 1.807) is 13.8 Å². The number of nitrogens with one attached hydrogen (secondary N) is 3. The molecular weight excluding hydrogens is 448 g/mol. The molecule has 184 valence electrons. The normalized spacial score (nSPS) is 14.6. The minimum atomic E-state index is -1.37. The third-order valence-electron chi connectivity index (χ3n) is 4.92. The molecule has 0 aromatic heterocycles. The summed E-state index contributed by atoms with van der Waals surface area (Å²) in [4.78, 5) is 49.2. The molecule has 0 saturated heterocycles. The standard InChI is InChI=1S/C22H34N4O6S/c1-13(2)18(26-19(28)15(23)11-14-7-5-4-6-8-14)21(30)25-17(12-27)20(29)24-16(22(31)32)9-10-33-3/h4-8,13,15-18,27H,9-12,23H2,1-3H3,(H,24,29)(H,25,30)(H,26,28)(H,31,32). The van der Waals surface area contributed by atoms with Crippen LogP contribution in [0.5, 0.6) is 0 Å². The van der Waals surface area contributed by atoms with Crippen LogP contribution >= 0.6 is 11.8 Å². The van der Waals surface area contributed by atoms with E-state index in [4.69, 9.17) is 5.73 Å². The Hall–Kier alpha value is -2.63. The largest absolute Gasteiger partial charge is 0.480 e. The van der Waals surface area contributed by atoms with Crippen molar-refractivity contribution >= 4 is 35.5 Å². The molecule has 7 N–H and O–H groups in total. The second-order valence-electron chi connectivity index (χ2n) is 7.95. The summed E-state index contributed by atoms with van der Waals surface area (Å²) in [5.74, 6) is -3.07. The number of aliphatic hydroxyl groups excluding tert-OH is 1. The number of carboxylic acids is 1. The van der Waals surface area contributed by atoms with E-state index in [0.717, 1.165) is 5.56 Å². The van der Waals surface area contributed by atoms with Gasteiger partial charge < -0.3 is 31.9 Å². The molecule has 4 atom stereocenters. The molecule has 0 fully saturated rings. The first-order valence-electron chi connectivity index (χ1n) is 10.6. The molecule has 1 rings (SSSR count). The molecule has 1 aromatic carbocycles. The molecule has 0 heterocycles. The number of carbonyl (C=O) groups excluding carboxylic acids is 3. The summed E-state index contributed by atoms with van der Waals surface area (Å²) in [6.45, 7) is 2.69. The average molecular weight is 483 g/mol. The van der Waals surface area contributed by atoms with Gasteiger partial charge in [0.15, 0.2) is 0 Å². The van der Waals surface area contributed by atoms with Crippen LogP contribution in [-0.4, -0.2) is 76.7 Å².